The quantitative estimate of drug-likeness (QED) is 0.716. The summed E-state index contributed by atoms with van der Waals surface area (Å²) in [4.78, 5) is 11.9. The summed E-state index contributed by atoms with van der Waals surface area (Å²) >= 11 is 0. The molecular formula is C17H20O. The molecule has 0 aromatic heterocycles. The number of benzene rings is 1. The molecule has 0 radical (unpaired) electrons. The van der Waals surface area contributed by atoms with Crippen LogP contribution in [0.2, 0.25) is 0 Å². The molecular weight excluding hydrogens is 220 g/mol. The first-order chi connectivity index (χ1) is 8.83. The molecule has 2 aliphatic rings. The SMILES string of the molecule is O=C1CCC[C@@H]2CC(Cc3ccccc3)=CC[C@@H]12. The van der Waals surface area contributed by atoms with Crippen LogP contribution in [0.5, 0.6) is 0 Å². The molecule has 0 bridgehead atoms. The summed E-state index contributed by atoms with van der Waals surface area (Å²) in [7, 11) is 0. The molecule has 0 heterocycles. The lowest BCUT2D eigenvalue weighted by molar-refractivity contribution is -0.126. The fraction of sp³-hybridized carbons (Fsp3) is 0.471. The Morgan fingerprint density at radius 2 is 2.00 bits per heavy atom. The second kappa shape index (κ2) is 5.09. The summed E-state index contributed by atoms with van der Waals surface area (Å²) in [5.74, 6) is 1.49. The van der Waals surface area contributed by atoms with Gasteiger partial charge in [-0.15, -0.1) is 0 Å². The van der Waals surface area contributed by atoms with E-state index < -0.39 is 0 Å². The van der Waals surface area contributed by atoms with Gasteiger partial charge < -0.3 is 0 Å². The monoisotopic (exact) mass is 240 g/mol. The first-order valence-electron chi connectivity index (χ1n) is 7.07. The Kier molecular flexibility index (Phi) is 3.31. The Balaban J connectivity index is 1.70. The van der Waals surface area contributed by atoms with Crippen molar-refractivity contribution >= 4 is 5.78 Å². The van der Waals surface area contributed by atoms with Gasteiger partial charge in [-0.25, -0.2) is 0 Å². The lowest BCUT2D eigenvalue weighted by Gasteiger charge is -2.34. The lowest BCUT2D eigenvalue weighted by atomic mass is 9.70. The molecule has 1 saturated carbocycles. The van der Waals surface area contributed by atoms with E-state index in [0.717, 1.165) is 32.1 Å². The maximum Gasteiger partial charge on any atom is 0.136 e. The van der Waals surface area contributed by atoms with Crippen LogP contribution in [-0.2, 0) is 11.2 Å². The molecule has 18 heavy (non-hydrogen) atoms. The van der Waals surface area contributed by atoms with Crippen LogP contribution in [0, 0.1) is 11.8 Å². The number of carbonyl (C=O) groups is 1. The summed E-state index contributed by atoms with van der Waals surface area (Å²) < 4.78 is 0. The Morgan fingerprint density at radius 3 is 2.83 bits per heavy atom. The van der Waals surface area contributed by atoms with E-state index in [-0.39, 0.29) is 0 Å². The number of carbonyl (C=O) groups excluding carboxylic acids is 1. The molecule has 1 nitrogen and oxygen atoms in total. The van der Waals surface area contributed by atoms with Crippen LogP contribution in [0.1, 0.15) is 37.7 Å². The first-order valence-corrected chi connectivity index (χ1v) is 7.07. The van der Waals surface area contributed by atoms with Gasteiger partial charge in [0.25, 0.3) is 0 Å². The molecule has 0 amide bonds. The zero-order valence-electron chi connectivity index (χ0n) is 10.8. The standard InChI is InChI=1S/C17H20O/c18-17-8-4-7-15-12-14(9-10-16(15)17)11-13-5-2-1-3-6-13/h1-3,5-6,9,15-16H,4,7-8,10-12H2/t15-,16-/m1/s1. The van der Waals surface area contributed by atoms with Gasteiger partial charge in [-0.1, -0.05) is 42.0 Å². The van der Waals surface area contributed by atoms with E-state index in [0.29, 0.717) is 17.6 Å². The third kappa shape index (κ3) is 2.40. The van der Waals surface area contributed by atoms with Gasteiger partial charge in [0.2, 0.25) is 0 Å². The molecule has 0 spiro atoms. The van der Waals surface area contributed by atoms with Crippen molar-refractivity contribution in [2.24, 2.45) is 11.8 Å². The lowest BCUT2D eigenvalue weighted by Crippen LogP contribution is -2.30. The van der Waals surface area contributed by atoms with Gasteiger partial charge in [0.15, 0.2) is 0 Å². The van der Waals surface area contributed by atoms with E-state index in [1.165, 1.54) is 17.6 Å². The topological polar surface area (TPSA) is 17.1 Å². The molecule has 1 heteroatoms. The van der Waals surface area contributed by atoms with Gasteiger partial charge in [0.05, 0.1) is 0 Å². The van der Waals surface area contributed by atoms with Gasteiger partial charge in [0.1, 0.15) is 5.78 Å². The zero-order valence-corrected chi connectivity index (χ0v) is 10.8. The summed E-state index contributed by atoms with van der Waals surface area (Å²) in [5.41, 5.74) is 2.93. The van der Waals surface area contributed by atoms with E-state index >= 15 is 0 Å². The first kappa shape index (κ1) is 11.7. The number of Topliss-reactive ketones (excluding diaryl/α,β-unsaturated/α-hetero) is 1. The maximum absolute atomic E-state index is 11.9. The van der Waals surface area contributed by atoms with Crippen molar-refractivity contribution in [1.82, 2.24) is 0 Å². The number of fused-ring (bicyclic) bond motifs is 1. The summed E-state index contributed by atoms with van der Waals surface area (Å²) in [6.07, 6.45) is 8.72. The van der Waals surface area contributed by atoms with Gasteiger partial charge >= 0.3 is 0 Å². The van der Waals surface area contributed by atoms with Crippen LogP contribution in [0.3, 0.4) is 0 Å². The highest BCUT2D eigenvalue weighted by molar-refractivity contribution is 5.82. The smallest absolute Gasteiger partial charge is 0.136 e. The number of ketones is 1. The van der Waals surface area contributed by atoms with Crippen LogP contribution >= 0.6 is 0 Å². The van der Waals surface area contributed by atoms with Crippen molar-refractivity contribution in [2.75, 3.05) is 0 Å². The Labute approximate surface area is 109 Å². The molecule has 1 aromatic carbocycles. The number of allylic oxidation sites excluding steroid dienone is 2. The molecule has 3 rings (SSSR count). The fourth-order valence-electron chi connectivity index (χ4n) is 3.47. The number of rotatable bonds is 2. The number of hydrogen-bond donors (Lipinski definition) is 0. The molecule has 1 aromatic rings. The Hall–Kier alpha value is -1.37. The minimum absolute atomic E-state index is 0.346. The van der Waals surface area contributed by atoms with Crippen molar-refractivity contribution in [3.8, 4) is 0 Å². The van der Waals surface area contributed by atoms with Crippen LogP contribution in [0.25, 0.3) is 0 Å². The Bertz CT molecular complexity index is 458. The van der Waals surface area contributed by atoms with Crippen molar-refractivity contribution in [3.63, 3.8) is 0 Å². The summed E-state index contributed by atoms with van der Waals surface area (Å²) in [6, 6.07) is 10.7. The average Bonchev–Trinajstić information content (AvgIpc) is 2.40. The van der Waals surface area contributed by atoms with Crippen molar-refractivity contribution in [3.05, 3.63) is 47.5 Å². The second-order valence-electron chi connectivity index (χ2n) is 5.69. The predicted molar refractivity (Wildman–Crippen MR) is 73.3 cm³/mol. The summed E-state index contributed by atoms with van der Waals surface area (Å²) in [5, 5.41) is 0. The highest BCUT2D eigenvalue weighted by Crippen LogP contribution is 2.38. The van der Waals surface area contributed by atoms with Crippen molar-refractivity contribution in [1.29, 1.82) is 0 Å². The maximum atomic E-state index is 11.9. The zero-order chi connectivity index (χ0) is 12.4. The third-order valence-corrected chi connectivity index (χ3v) is 4.44. The molecule has 0 saturated heterocycles. The fourth-order valence-corrected chi connectivity index (χ4v) is 3.47. The summed E-state index contributed by atoms with van der Waals surface area (Å²) in [6.45, 7) is 0. The van der Waals surface area contributed by atoms with E-state index in [1.54, 1.807) is 0 Å². The molecule has 94 valence electrons. The largest absolute Gasteiger partial charge is 0.299 e. The predicted octanol–water partition coefficient (Wildman–Crippen LogP) is 3.93. The normalized spacial score (nSPS) is 27.6. The molecule has 2 atom stereocenters. The third-order valence-electron chi connectivity index (χ3n) is 4.44. The van der Waals surface area contributed by atoms with Gasteiger partial charge in [-0.3, -0.25) is 4.79 Å². The second-order valence-corrected chi connectivity index (χ2v) is 5.69. The Morgan fingerprint density at radius 1 is 1.17 bits per heavy atom. The van der Waals surface area contributed by atoms with Gasteiger partial charge in [0, 0.05) is 12.3 Å². The van der Waals surface area contributed by atoms with Crippen molar-refractivity contribution < 1.29 is 4.79 Å². The highest BCUT2D eigenvalue weighted by atomic mass is 16.1. The van der Waals surface area contributed by atoms with Crippen LogP contribution in [-0.4, -0.2) is 5.78 Å². The number of hydrogen-bond acceptors (Lipinski definition) is 1. The van der Waals surface area contributed by atoms with Crippen LogP contribution in [0.4, 0.5) is 0 Å². The molecule has 0 unspecified atom stereocenters. The molecule has 2 aliphatic carbocycles. The van der Waals surface area contributed by atoms with Crippen LogP contribution in [0.15, 0.2) is 42.0 Å². The van der Waals surface area contributed by atoms with E-state index in [9.17, 15) is 4.79 Å². The molecule has 0 aliphatic heterocycles. The van der Waals surface area contributed by atoms with Crippen molar-refractivity contribution in [2.45, 2.75) is 38.5 Å². The van der Waals surface area contributed by atoms with E-state index in [4.69, 9.17) is 0 Å². The molecule has 0 N–H and O–H groups in total. The minimum Gasteiger partial charge on any atom is -0.299 e. The minimum atomic E-state index is 0.346. The highest BCUT2D eigenvalue weighted by Gasteiger charge is 2.33. The van der Waals surface area contributed by atoms with E-state index in [2.05, 4.69) is 36.4 Å². The van der Waals surface area contributed by atoms with Gasteiger partial charge in [-0.2, -0.15) is 0 Å². The average molecular weight is 240 g/mol. The van der Waals surface area contributed by atoms with Gasteiger partial charge in [-0.05, 0) is 43.6 Å². The molecule has 1 fully saturated rings. The van der Waals surface area contributed by atoms with E-state index in [1.807, 2.05) is 0 Å². The van der Waals surface area contributed by atoms with Crippen LogP contribution < -0.4 is 0 Å².